The molecule has 29 heavy (non-hydrogen) atoms. The highest BCUT2D eigenvalue weighted by atomic mass is 32.2. The number of sulfone groups is 1. The standard InChI is InChI=1S/C20H22N2O5S2/c1-14(27-15-7-5-4-6-8-15)19(23)21-20-22(11-12-26-2)17-10-9-16(29(3,24)25)13-18(17)28-20/h4-10,13-14H,11-12H2,1-3H3. The summed E-state index contributed by atoms with van der Waals surface area (Å²) in [6.07, 6.45) is 0.406. The van der Waals surface area contributed by atoms with Crippen LogP contribution in [0.5, 0.6) is 5.75 Å². The SMILES string of the molecule is COCCn1c(=NC(=O)C(C)Oc2ccccc2)sc2cc(S(C)(=O)=O)ccc21. The van der Waals surface area contributed by atoms with Crippen LogP contribution in [0.4, 0.5) is 0 Å². The first-order chi connectivity index (χ1) is 13.8. The van der Waals surface area contributed by atoms with Gasteiger partial charge in [0.2, 0.25) is 0 Å². The fourth-order valence-corrected chi connectivity index (χ4v) is 4.53. The lowest BCUT2D eigenvalue weighted by molar-refractivity contribution is -0.124. The van der Waals surface area contributed by atoms with Gasteiger partial charge in [0, 0.05) is 19.9 Å². The Kier molecular flexibility index (Phi) is 6.51. The van der Waals surface area contributed by atoms with Gasteiger partial charge < -0.3 is 14.0 Å². The molecule has 154 valence electrons. The van der Waals surface area contributed by atoms with E-state index in [1.165, 1.54) is 11.3 Å². The molecule has 0 aliphatic carbocycles. The number of nitrogens with zero attached hydrogens (tertiary/aromatic N) is 2. The Morgan fingerprint density at radius 2 is 1.93 bits per heavy atom. The Balaban J connectivity index is 2.00. The number of carbonyl (C=O) groups excluding carboxylic acids is 1. The Hall–Kier alpha value is -2.49. The quantitative estimate of drug-likeness (QED) is 0.571. The van der Waals surface area contributed by atoms with Gasteiger partial charge in [-0.3, -0.25) is 4.79 Å². The van der Waals surface area contributed by atoms with Crippen LogP contribution in [0, 0.1) is 0 Å². The van der Waals surface area contributed by atoms with E-state index in [4.69, 9.17) is 9.47 Å². The fraction of sp³-hybridized carbons (Fsp3) is 0.300. The van der Waals surface area contributed by atoms with Crippen LogP contribution < -0.4 is 9.54 Å². The van der Waals surface area contributed by atoms with Crippen LogP contribution in [0.2, 0.25) is 0 Å². The molecule has 2 aromatic carbocycles. The highest BCUT2D eigenvalue weighted by Crippen LogP contribution is 2.22. The molecule has 0 saturated heterocycles. The van der Waals surface area contributed by atoms with Crippen LogP contribution >= 0.6 is 11.3 Å². The molecule has 0 spiro atoms. The lowest BCUT2D eigenvalue weighted by Gasteiger charge is -2.10. The lowest BCUT2D eigenvalue weighted by Crippen LogP contribution is -2.26. The summed E-state index contributed by atoms with van der Waals surface area (Å²) in [6, 6.07) is 14.0. The Morgan fingerprint density at radius 1 is 1.21 bits per heavy atom. The van der Waals surface area contributed by atoms with E-state index in [-0.39, 0.29) is 4.90 Å². The number of rotatable bonds is 7. The van der Waals surface area contributed by atoms with Gasteiger partial charge in [-0.15, -0.1) is 0 Å². The molecule has 0 saturated carbocycles. The minimum absolute atomic E-state index is 0.226. The van der Waals surface area contributed by atoms with E-state index < -0.39 is 21.8 Å². The monoisotopic (exact) mass is 434 g/mol. The van der Waals surface area contributed by atoms with Crippen molar-refractivity contribution in [3.05, 3.63) is 53.3 Å². The van der Waals surface area contributed by atoms with Crippen molar-refractivity contribution in [2.75, 3.05) is 20.0 Å². The first-order valence-electron chi connectivity index (χ1n) is 8.92. The maximum absolute atomic E-state index is 12.6. The maximum atomic E-state index is 12.6. The number of carbonyl (C=O) groups is 1. The summed E-state index contributed by atoms with van der Waals surface area (Å²) < 4.78 is 37.1. The second-order valence-electron chi connectivity index (χ2n) is 6.45. The van der Waals surface area contributed by atoms with Gasteiger partial charge in [0.05, 0.1) is 21.7 Å². The van der Waals surface area contributed by atoms with Crippen LogP contribution in [-0.2, 0) is 25.9 Å². The van der Waals surface area contributed by atoms with E-state index in [1.807, 2.05) is 22.8 Å². The van der Waals surface area contributed by atoms with Gasteiger partial charge in [0.25, 0.3) is 5.91 Å². The second kappa shape index (κ2) is 8.89. The number of thiazole rings is 1. The van der Waals surface area contributed by atoms with Crippen molar-refractivity contribution in [3.8, 4) is 5.75 Å². The van der Waals surface area contributed by atoms with Crippen LogP contribution in [-0.4, -0.2) is 45.0 Å². The van der Waals surface area contributed by atoms with E-state index in [9.17, 15) is 13.2 Å². The predicted octanol–water partition coefficient (Wildman–Crippen LogP) is 2.65. The smallest absolute Gasteiger partial charge is 0.289 e. The molecule has 9 heteroatoms. The minimum atomic E-state index is -3.33. The van der Waals surface area contributed by atoms with Gasteiger partial charge >= 0.3 is 0 Å². The summed E-state index contributed by atoms with van der Waals surface area (Å²) in [5.74, 6) is 0.167. The van der Waals surface area contributed by atoms with Crippen molar-refractivity contribution >= 4 is 37.3 Å². The Bertz CT molecular complexity index is 1180. The highest BCUT2D eigenvalue weighted by molar-refractivity contribution is 7.90. The van der Waals surface area contributed by atoms with Crippen molar-refractivity contribution in [2.24, 2.45) is 4.99 Å². The fourth-order valence-electron chi connectivity index (χ4n) is 2.71. The number of hydrogen-bond donors (Lipinski definition) is 0. The molecule has 1 unspecified atom stereocenters. The number of benzene rings is 2. The van der Waals surface area contributed by atoms with Crippen molar-refractivity contribution < 1.29 is 22.7 Å². The third kappa shape index (κ3) is 5.11. The molecular formula is C20H22N2O5S2. The molecule has 3 rings (SSSR count). The summed E-state index contributed by atoms with van der Waals surface area (Å²) in [5.41, 5.74) is 0.794. The average molecular weight is 435 g/mol. The van der Waals surface area contributed by atoms with Crippen molar-refractivity contribution in [1.82, 2.24) is 4.57 Å². The average Bonchev–Trinajstić information content (AvgIpc) is 3.02. The number of aromatic nitrogens is 1. The van der Waals surface area contributed by atoms with Crippen molar-refractivity contribution in [3.63, 3.8) is 0 Å². The van der Waals surface area contributed by atoms with Crippen LogP contribution in [0.25, 0.3) is 10.2 Å². The lowest BCUT2D eigenvalue weighted by atomic mass is 10.3. The minimum Gasteiger partial charge on any atom is -0.481 e. The molecule has 0 fully saturated rings. The Morgan fingerprint density at radius 3 is 2.59 bits per heavy atom. The summed E-state index contributed by atoms with van der Waals surface area (Å²) in [5, 5.41) is 0. The molecule has 0 aliphatic heterocycles. The van der Waals surface area contributed by atoms with Gasteiger partial charge in [-0.05, 0) is 37.3 Å². The van der Waals surface area contributed by atoms with Gasteiger partial charge in [-0.2, -0.15) is 4.99 Å². The predicted molar refractivity (Wildman–Crippen MR) is 112 cm³/mol. The second-order valence-corrected chi connectivity index (χ2v) is 9.48. The largest absolute Gasteiger partial charge is 0.481 e. The van der Waals surface area contributed by atoms with Crippen molar-refractivity contribution in [2.45, 2.75) is 24.5 Å². The number of amides is 1. The maximum Gasteiger partial charge on any atom is 0.289 e. The number of hydrogen-bond acceptors (Lipinski definition) is 6. The molecule has 1 aromatic heterocycles. The van der Waals surface area contributed by atoms with Crippen LogP contribution in [0.15, 0.2) is 58.4 Å². The zero-order chi connectivity index (χ0) is 21.0. The molecule has 0 radical (unpaired) electrons. The molecule has 7 nitrogen and oxygen atoms in total. The third-order valence-corrected chi connectivity index (χ3v) is 6.36. The molecule has 0 aliphatic rings. The molecule has 1 heterocycles. The van der Waals surface area contributed by atoms with Gasteiger partial charge in [0.15, 0.2) is 20.7 Å². The molecule has 3 aromatic rings. The van der Waals surface area contributed by atoms with Crippen LogP contribution in [0.3, 0.4) is 0 Å². The zero-order valence-corrected chi connectivity index (χ0v) is 18.0. The van der Waals surface area contributed by atoms with Crippen LogP contribution in [0.1, 0.15) is 6.92 Å². The topological polar surface area (TPSA) is 87.0 Å². The van der Waals surface area contributed by atoms with Gasteiger partial charge in [-0.1, -0.05) is 29.5 Å². The molecule has 0 N–H and O–H groups in total. The van der Waals surface area contributed by atoms with E-state index in [2.05, 4.69) is 4.99 Å². The van der Waals surface area contributed by atoms with E-state index >= 15 is 0 Å². The molecular weight excluding hydrogens is 412 g/mol. The van der Waals surface area contributed by atoms with E-state index in [0.717, 1.165) is 16.5 Å². The summed E-state index contributed by atoms with van der Waals surface area (Å²) in [4.78, 5) is 17.6. The number of methoxy groups -OCH3 is 1. The first-order valence-corrected chi connectivity index (χ1v) is 11.6. The molecule has 0 bridgehead atoms. The summed E-state index contributed by atoms with van der Waals surface area (Å²) in [6.45, 7) is 2.55. The molecule has 1 amide bonds. The Labute approximate surface area is 173 Å². The highest BCUT2D eigenvalue weighted by Gasteiger charge is 2.16. The number of ether oxygens (including phenoxy) is 2. The molecule has 1 atom stereocenters. The van der Waals surface area contributed by atoms with E-state index in [1.54, 1.807) is 44.4 Å². The zero-order valence-electron chi connectivity index (χ0n) is 16.4. The van der Waals surface area contributed by atoms with Crippen molar-refractivity contribution in [1.29, 1.82) is 0 Å². The summed E-state index contributed by atoms with van der Waals surface area (Å²) >= 11 is 1.26. The normalized spacial score (nSPS) is 13.6. The van der Waals surface area contributed by atoms with Gasteiger partial charge in [-0.25, -0.2) is 8.42 Å². The first kappa shape index (κ1) is 21.2. The third-order valence-electron chi connectivity index (χ3n) is 4.21. The summed E-state index contributed by atoms with van der Waals surface area (Å²) in [7, 11) is -1.74. The number of para-hydroxylation sites is 1. The van der Waals surface area contributed by atoms with Gasteiger partial charge in [0.1, 0.15) is 5.75 Å². The number of fused-ring (bicyclic) bond motifs is 1. The van der Waals surface area contributed by atoms with E-state index in [0.29, 0.717) is 23.7 Å².